The molecule has 8 nitrogen and oxygen atoms in total. The van der Waals surface area contributed by atoms with Gasteiger partial charge in [0.1, 0.15) is 11.6 Å². The minimum atomic E-state index is -0.852. The van der Waals surface area contributed by atoms with Crippen molar-refractivity contribution in [1.82, 2.24) is 24.5 Å². The van der Waals surface area contributed by atoms with Crippen molar-refractivity contribution < 1.29 is 23.4 Å². The van der Waals surface area contributed by atoms with Crippen LogP contribution in [0.5, 0.6) is 11.5 Å². The molecule has 1 aliphatic rings. The maximum atomic E-state index is 15.8. The summed E-state index contributed by atoms with van der Waals surface area (Å²) in [6.45, 7) is 5.13. The maximum absolute atomic E-state index is 15.8. The Kier molecular flexibility index (Phi) is 8.33. The molecule has 4 bridgehead atoms. The zero-order valence-electron chi connectivity index (χ0n) is 26.9. The van der Waals surface area contributed by atoms with E-state index in [1.165, 1.54) is 18.2 Å². The van der Waals surface area contributed by atoms with Gasteiger partial charge in [-0.05, 0) is 71.7 Å². The third-order valence-electron chi connectivity index (χ3n) is 9.22. The number of aromatic amines is 1. The summed E-state index contributed by atoms with van der Waals surface area (Å²) in [4.78, 5) is 14.4. The van der Waals surface area contributed by atoms with Gasteiger partial charge >= 0.3 is 5.97 Å². The number of ether oxygens (including phenoxy) is 1. The quantitative estimate of drug-likeness (QED) is 0.199. The largest absolute Gasteiger partial charge is 0.481 e. The van der Waals surface area contributed by atoms with Gasteiger partial charge in [-0.1, -0.05) is 44.5 Å². The first-order chi connectivity index (χ1) is 23.1. The number of carboxylic acids is 1. The van der Waals surface area contributed by atoms with Gasteiger partial charge in [-0.3, -0.25) is 14.2 Å². The van der Waals surface area contributed by atoms with Crippen molar-refractivity contribution in [2.24, 2.45) is 5.41 Å². The van der Waals surface area contributed by atoms with E-state index < -0.39 is 17.6 Å². The second-order valence-corrected chi connectivity index (χ2v) is 13.4. The molecule has 48 heavy (non-hydrogen) atoms. The maximum Gasteiger partial charge on any atom is 0.303 e. The first-order valence-electron chi connectivity index (χ1n) is 16.3. The van der Waals surface area contributed by atoms with Gasteiger partial charge in [0.25, 0.3) is 0 Å². The van der Waals surface area contributed by atoms with Crippen molar-refractivity contribution >= 4 is 16.9 Å². The molecule has 0 spiro atoms. The molecule has 2 N–H and O–H groups in total. The average Bonchev–Trinajstić information content (AvgIpc) is 3.82. The number of nitrogens with zero attached hydrogens (tertiary/aromatic N) is 4. The Morgan fingerprint density at radius 2 is 1.96 bits per heavy atom. The Hall–Kier alpha value is -5.25. The van der Waals surface area contributed by atoms with Crippen molar-refractivity contribution in [3.05, 3.63) is 119 Å². The molecular weight excluding hydrogens is 612 g/mol. The Balaban J connectivity index is 1.36. The Morgan fingerprint density at radius 1 is 1.08 bits per heavy atom. The summed E-state index contributed by atoms with van der Waals surface area (Å²) in [5.41, 5.74) is 4.88. The zero-order chi connectivity index (χ0) is 33.4. The molecule has 1 atom stereocenters. The lowest BCUT2D eigenvalue weighted by molar-refractivity contribution is -0.136. The van der Waals surface area contributed by atoms with Crippen molar-refractivity contribution in [2.75, 3.05) is 0 Å². The molecule has 0 saturated heterocycles. The number of carboxylic acid groups (broad SMARTS) is 1. The summed E-state index contributed by atoms with van der Waals surface area (Å²) in [5.74, 6) is -1.46. The van der Waals surface area contributed by atoms with E-state index in [4.69, 9.17) is 9.84 Å². The van der Waals surface area contributed by atoms with Gasteiger partial charge < -0.3 is 14.8 Å². The first-order valence-corrected chi connectivity index (χ1v) is 16.3. The normalized spacial score (nSPS) is 16.4. The molecule has 1 aliphatic heterocycles. The molecule has 10 heteroatoms. The summed E-state index contributed by atoms with van der Waals surface area (Å²) in [6, 6.07) is 17.2. The van der Waals surface area contributed by atoms with Gasteiger partial charge in [0, 0.05) is 66.1 Å². The summed E-state index contributed by atoms with van der Waals surface area (Å²) < 4.78 is 41.6. The number of hydrogen-bond acceptors (Lipinski definition) is 4. The monoisotopic (exact) mass is 649 g/mol. The molecule has 3 aromatic heterocycles. The number of halogens is 2. The van der Waals surface area contributed by atoms with Crippen LogP contribution in [-0.2, 0) is 24.2 Å². The number of nitrogens with one attached hydrogen (secondary N) is 1. The molecule has 0 fully saturated rings. The first kappa shape index (κ1) is 31.4. The topological polar surface area (TPSA) is 98.0 Å². The van der Waals surface area contributed by atoms with Crippen molar-refractivity contribution in [3.63, 3.8) is 0 Å². The number of fused-ring (bicyclic) bond motifs is 9. The van der Waals surface area contributed by atoms with Gasteiger partial charge in [-0.25, -0.2) is 8.78 Å². The second-order valence-electron chi connectivity index (χ2n) is 13.4. The number of aliphatic carboxylic acids is 1. The van der Waals surface area contributed by atoms with Crippen molar-refractivity contribution in [3.8, 4) is 22.8 Å². The van der Waals surface area contributed by atoms with Gasteiger partial charge in [0.05, 0.1) is 17.9 Å². The van der Waals surface area contributed by atoms with Crippen LogP contribution < -0.4 is 4.74 Å². The molecule has 0 amide bonds. The predicted octanol–water partition coefficient (Wildman–Crippen LogP) is 8.71. The molecule has 0 radical (unpaired) electrons. The summed E-state index contributed by atoms with van der Waals surface area (Å²) in [7, 11) is 0. The molecule has 6 aromatic rings. The Labute approximate surface area is 277 Å². The smallest absolute Gasteiger partial charge is 0.303 e. The van der Waals surface area contributed by atoms with Gasteiger partial charge in [0.15, 0.2) is 11.6 Å². The van der Waals surface area contributed by atoms with Crippen LogP contribution in [0.1, 0.15) is 67.8 Å². The third kappa shape index (κ3) is 6.47. The highest BCUT2D eigenvalue weighted by Gasteiger charge is 2.26. The van der Waals surface area contributed by atoms with Gasteiger partial charge in [-0.15, -0.1) is 0 Å². The van der Waals surface area contributed by atoms with Crippen LogP contribution in [0.15, 0.2) is 85.5 Å². The van der Waals surface area contributed by atoms with Gasteiger partial charge in [-0.2, -0.15) is 10.2 Å². The van der Waals surface area contributed by atoms with E-state index >= 15 is 8.78 Å². The fraction of sp³-hybridized carbons (Fsp3) is 0.289. The van der Waals surface area contributed by atoms with Crippen molar-refractivity contribution in [2.45, 2.75) is 65.0 Å². The standard InChI is InChI=1S/C38H37F2N5O3/c1-38(2)14-4-7-34(26-6-3-5-24(17-26)8-11-36(46)47)45-35(13-16-42-45)30-19-27(9-10-31(30)39)48-37-29(18-25-21-43-44(22-25)23-38)28-12-15-41-33(28)20-32(37)40/h3,5-6,9-10,12-13,15-17,19-22,34,41H,4,7-8,11,14,18,23H2,1-2H3,(H,46,47). The Morgan fingerprint density at radius 3 is 2.81 bits per heavy atom. The van der Waals surface area contributed by atoms with E-state index in [-0.39, 0.29) is 29.2 Å². The second kappa shape index (κ2) is 12.7. The Bertz CT molecular complexity index is 2110. The summed E-state index contributed by atoms with van der Waals surface area (Å²) in [5, 5.41) is 19.5. The molecule has 4 heterocycles. The van der Waals surface area contributed by atoms with Crippen LogP contribution in [0.2, 0.25) is 0 Å². The fourth-order valence-corrected chi connectivity index (χ4v) is 6.88. The SMILES string of the molecule is CC1(C)CCCC(c2cccc(CCC(=O)O)c2)n2nccc2-c2cc(ccc2F)Oc2c(F)cc3[nH]ccc3c2Cc2cnn(c2)C1. The number of aromatic nitrogens is 5. The number of carbonyl (C=O) groups is 1. The number of benzene rings is 3. The lowest BCUT2D eigenvalue weighted by atomic mass is 9.85. The molecule has 0 saturated carbocycles. The van der Waals surface area contributed by atoms with Crippen LogP contribution in [0.4, 0.5) is 8.78 Å². The average molecular weight is 650 g/mol. The molecule has 246 valence electrons. The van der Waals surface area contributed by atoms with Crippen molar-refractivity contribution in [1.29, 1.82) is 0 Å². The minimum Gasteiger partial charge on any atom is -0.481 e. The summed E-state index contributed by atoms with van der Waals surface area (Å²) in [6.07, 6.45) is 10.6. The predicted molar refractivity (Wildman–Crippen MR) is 179 cm³/mol. The van der Waals surface area contributed by atoms with E-state index in [0.717, 1.165) is 34.9 Å². The number of hydrogen-bond donors (Lipinski definition) is 2. The number of H-pyrrole nitrogens is 1. The van der Waals surface area contributed by atoms with E-state index in [2.05, 4.69) is 23.9 Å². The van der Waals surface area contributed by atoms with E-state index in [9.17, 15) is 9.90 Å². The number of aryl methyl sites for hydroxylation is 1. The van der Waals surface area contributed by atoms with Crippen LogP contribution in [0.3, 0.4) is 0 Å². The lowest BCUT2D eigenvalue weighted by Crippen LogP contribution is -2.21. The minimum absolute atomic E-state index is 0.0296. The fourth-order valence-electron chi connectivity index (χ4n) is 6.88. The van der Waals surface area contributed by atoms with Crippen LogP contribution in [0, 0.1) is 17.0 Å². The molecule has 1 unspecified atom stereocenters. The van der Waals surface area contributed by atoms with Crippen LogP contribution in [0.25, 0.3) is 22.2 Å². The van der Waals surface area contributed by atoms with E-state index in [0.29, 0.717) is 48.3 Å². The lowest BCUT2D eigenvalue weighted by Gasteiger charge is -2.27. The highest BCUT2D eigenvalue weighted by Crippen LogP contribution is 2.39. The zero-order valence-corrected chi connectivity index (χ0v) is 26.9. The van der Waals surface area contributed by atoms with E-state index in [1.54, 1.807) is 24.5 Å². The highest BCUT2D eigenvalue weighted by atomic mass is 19.1. The molecular formula is C38H37F2N5O3. The van der Waals surface area contributed by atoms with E-state index in [1.807, 2.05) is 52.1 Å². The third-order valence-corrected chi connectivity index (χ3v) is 9.22. The summed E-state index contributed by atoms with van der Waals surface area (Å²) >= 11 is 0. The molecule has 0 aliphatic carbocycles. The van der Waals surface area contributed by atoms with Gasteiger partial charge in [0.2, 0.25) is 0 Å². The molecule has 7 rings (SSSR count). The number of rotatable bonds is 4. The van der Waals surface area contributed by atoms with Crippen LogP contribution >= 0.6 is 0 Å². The molecule has 3 aromatic carbocycles. The van der Waals surface area contributed by atoms with Crippen LogP contribution in [-0.4, -0.2) is 35.6 Å². The highest BCUT2D eigenvalue weighted by molar-refractivity contribution is 5.86.